The molecule has 1 amide bonds. The standard InChI is InChI=1S/C14H18N2O2S/c1-15(10-5-6-19-8-10)9-3-4-11-12(7-9)16(2)14(18)13(11)17/h3-4,7,10,13,17H,5-6,8H2,1-2H3. The molecule has 2 atom stereocenters. The molecule has 0 aromatic heterocycles. The van der Waals surface area contributed by atoms with Gasteiger partial charge >= 0.3 is 0 Å². The van der Waals surface area contributed by atoms with Gasteiger partial charge in [-0.3, -0.25) is 4.79 Å². The second kappa shape index (κ2) is 4.72. The fraction of sp³-hybridized carbons (Fsp3) is 0.500. The van der Waals surface area contributed by atoms with Crippen LogP contribution in [0, 0.1) is 0 Å². The third kappa shape index (κ3) is 2.01. The Morgan fingerprint density at radius 3 is 2.95 bits per heavy atom. The quantitative estimate of drug-likeness (QED) is 0.893. The van der Waals surface area contributed by atoms with Crippen molar-refractivity contribution in [3.05, 3.63) is 23.8 Å². The molecule has 3 rings (SSSR count). The molecular weight excluding hydrogens is 260 g/mol. The van der Waals surface area contributed by atoms with Crippen molar-refractivity contribution in [3.63, 3.8) is 0 Å². The number of hydrogen-bond acceptors (Lipinski definition) is 4. The van der Waals surface area contributed by atoms with Crippen LogP contribution in [0.2, 0.25) is 0 Å². The van der Waals surface area contributed by atoms with Crippen LogP contribution >= 0.6 is 11.8 Å². The molecule has 0 bridgehead atoms. The van der Waals surface area contributed by atoms with E-state index in [2.05, 4.69) is 11.9 Å². The van der Waals surface area contributed by atoms with Gasteiger partial charge < -0.3 is 14.9 Å². The molecule has 1 aromatic carbocycles. The third-order valence-corrected chi connectivity index (χ3v) is 5.24. The number of aliphatic hydroxyl groups excluding tert-OH is 1. The molecule has 0 saturated carbocycles. The number of nitrogens with zero attached hydrogens (tertiary/aromatic N) is 2. The van der Waals surface area contributed by atoms with Crippen molar-refractivity contribution in [2.24, 2.45) is 0 Å². The van der Waals surface area contributed by atoms with Gasteiger partial charge in [-0.25, -0.2) is 0 Å². The Morgan fingerprint density at radius 1 is 1.47 bits per heavy atom. The number of fused-ring (bicyclic) bond motifs is 1. The molecule has 102 valence electrons. The minimum Gasteiger partial charge on any atom is -0.378 e. The Hall–Kier alpha value is -1.20. The first-order chi connectivity index (χ1) is 9.09. The smallest absolute Gasteiger partial charge is 0.260 e. The zero-order valence-electron chi connectivity index (χ0n) is 11.2. The van der Waals surface area contributed by atoms with E-state index >= 15 is 0 Å². The highest BCUT2D eigenvalue weighted by Crippen LogP contribution is 2.38. The second-order valence-corrected chi connectivity index (χ2v) is 6.32. The number of carbonyl (C=O) groups excluding carboxylic acids is 1. The van der Waals surface area contributed by atoms with Crippen LogP contribution in [0.5, 0.6) is 0 Å². The molecule has 1 fully saturated rings. The van der Waals surface area contributed by atoms with Crippen LogP contribution in [-0.2, 0) is 4.79 Å². The van der Waals surface area contributed by atoms with Crippen molar-refractivity contribution < 1.29 is 9.90 Å². The number of anilines is 2. The average molecular weight is 278 g/mol. The third-order valence-electron chi connectivity index (χ3n) is 4.10. The number of likely N-dealkylation sites (N-methyl/N-ethyl adjacent to an activating group) is 1. The van der Waals surface area contributed by atoms with Crippen molar-refractivity contribution in [1.29, 1.82) is 0 Å². The number of hydrogen-bond donors (Lipinski definition) is 1. The monoisotopic (exact) mass is 278 g/mol. The van der Waals surface area contributed by atoms with E-state index in [1.165, 1.54) is 12.2 Å². The Morgan fingerprint density at radius 2 is 2.26 bits per heavy atom. The van der Waals surface area contributed by atoms with E-state index in [-0.39, 0.29) is 5.91 Å². The SMILES string of the molecule is CN1C(=O)C(O)c2ccc(N(C)C3CCSC3)cc21. The minimum absolute atomic E-state index is 0.244. The molecule has 2 aliphatic heterocycles. The normalized spacial score (nSPS) is 25.8. The van der Waals surface area contributed by atoms with Crippen LogP contribution in [0.15, 0.2) is 18.2 Å². The summed E-state index contributed by atoms with van der Waals surface area (Å²) in [5.74, 6) is 2.13. The maximum absolute atomic E-state index is 11.8. The molecule has 2 unspecified atom stereocenters. The van der Waals surface area contributed by atoms with Crippen molar-refractivity contribution in [2.45, 2.75) is 18.6 Å². The highest BCUT2D eigenvalue weighted by atomic mass is 32.2. The predicted molar refractivity (Wildman–Crippen MR) is 78.9 cm³/mol. The van der Waals surface area contributed by atoms with Gasteiger partial charge in [-0.1, -0.05) is 6.07 Å². The van der Waals surface area contributed by atoms with E-state index in [0.717, 1.165) is 17.1 Å². The highest BCUT2D eigenvalue weighted by molar-refractivity contribution is 7.99. The van der Waals surface area contributed by atoms with E-state index in [1.54, 1.807) is 11.9 Å². The molecule has 19 heavy (non-hydrogen) atoms. The van der Waals surface area contributed by atoms with Crippen molar-refractivity contribution in [3.8, 4) is 0 Å². The van der Waals surface area contributed by atoms with Gasteiger partial charge in [0.05, 0.1) is 5.69 Å². The van der Waals surface area contributed by atoms with Gasteiger partial charge in [-0.05, 0) is 24.3 Å². The van der Waals surface area contributed by atoms with Crippen molar-refractivity contribution >= 4 is 29.0 Å². The van der Waals surface area contributed by atoms with Gasteiger partial charge in [0.25, 0.3) is 5.91 Å². The Kier molecular flexibility index (Phi) is 3.19. The highest BCUT2D eigenvalue weighted by Gasteiger charge is 2.34. The lowest BCUT2D eigenvalue weighted by Gasteiger charge is -2.27. The number of benzene rings is 1. The van der Waals surface area contributed by atoms with Crippen molar-refractivity contribution in [1.82, 2.24) is 0 Å². The topological polar surface area (TPSA) is 43.8 Å². The van der Waals surface area contributed by atoms with E-state index in [0.29, 0.717) is 11.6 Å². The van der Waals surface area contributed by atoms with Crippen LogP contribution in [-0.4, -0.2) is 42.7 Å². The summed E-state index contributed by atoms with van der Waals surface area (Å²) >= 11 is 1.99. The summed E-state index contributed by atoms with van der Waals surface area (Å²) in [7, 11) is 3.82. The molecule has 2 aliphatic rings. The molecule has 5 heteroatoms. The summed E-state index contributed by atoms with van der Waals surface area (Å²) in [6, 6.07) is 6.44. The molecule has 1 saturated heterocycles. The number of carbonyl (C=O) groups is 1. The molecule has 0 radical (unpaired) electrons. The molecule has 1 N–H and O–H groups in total. The largest absolute Gasteiger partial charge is 0.378 e. The summed E-state index contributed by atoms with van der Waals surface area (Å²) in [5, 5.41) is 9.85. The number of aliphatic hydroxyl groups is 1. The molecule has 0 spiro atoms. The van der Waals surface area contributed by atoms with Gasteiger partial charge in [-0.15, -0.1) is 0 Å². The van der Waals surface area contributed by atoms with Crippen LogP contribution < -0.4 is 9.80 Å². The van der Waals surface area contributed by atoms with Crippen LogP contribution in [0.25, 0.3) is 0 Å². The number of thioether (sulfide) groups is 1. The Balaban J connectivity index is 1.92. The van der Waals surface area contributed by atoms with Gasteiger partial charge in [0.15, 0.2) is 6.10 Å². The first-order valence-corrected chi connectivity index (χ1v) is 7.65. The van der Waals surface area contributed by atoms with Gasteiger partial charge in [-0.2, -0.15) is 11.8 Å². The fourth-order valence-electron chi connectivity index (χ4n) is 2.75. The number of rotatable bonds is 2. The van der Waals surface area contributed by atoms with Gasteiger partial charge in [0, 0.05) is 37.1 Å². The summed E-state index contributed by atoms with van der Waals surface area (Å²) in [5.41, 5.74) is 2.65. The maximum Gasteiger partial charge on any atom is 0.260 e. The minimum atomic E-state index is -0.999. The van der Waals surface area contributed by atoms with E-state index in [4.69, 9.17) is 0 Å². The fourth-order valence-corrected chi connectivity index (χ4v) is 4.01. The van der Waals surface area contributed by atoms with Crippen LogP contribution in [0.4, 0.5) is 11.4 Å². The second-order valence-electron chi connectivity index (χ2n) is 5.17. The lowest BCUT2D eigenvalue weighted by molar-refractivity contribution is -0.125. The Bertz CT molecular complexity index is 514. The van der Waals surface area contributed by atoms with Gasteiger partial charge in [0.1, 0.15) is 0 Å². The summed E-state index contributed by atoms with van der Waals surface area (Å²) < 4.78 is 0. The number of amides is 1. The van der Waals surface area contributed by atoms with E-state index in [1.807, 2.05) is 30.0 Å². The lowest BCUT2D eigenvalue weighted by Crippen LogP contribution is -2.31. The average Bonchev–Trinajstić information content (AvgIpc) is 3.03. The summed E-state index contributed by atoms with van der Waals surface area (Å²) in [4.78, 5) is 15.6. The summed E-state index contributed by atoms with van der Waals surface area (Å²) in [6.45, 7) is 0. The van der Waals surface area contributed by atoms with Gasteiger partial charge in [0.2, 0.25) is 0 Å². The molecular formula is C14H18N2O2S. The van der Waals surface area contributed by atoms with Crippen LogP contribution in [0.1, 0.15) is 18.1 Å². The first-order valence-electron chi connectivity index (χ1n) is 6.50. The van der Waals surface area contributed by atoms with Crippen LogP contribution in [0.3, 0.4) is 0 Å². The first kappa shape index (κ1) is 12.8. The molecule has 1 aromatic rings. The maximum atomic E-state index is 11.8. The lowest BCUT2D eigenvalue weighted by atomic mass is 10.1. The van der Waals surface area contributed by atoms with Crippen molar-refractivity contribution in [2.75, 3.05) is 35.4 Å². The van der Waals surface area contributed by atoms with E-state index in [9.17, 15) is 9.90 Å². The summed E-state index contributed by atoms with van der Waals surface area (Å²) in [6.07, 6.45) is 0.205. The van der Waals surface area contributed by atoms with E-state index < -0.39 is 6.10 Å². The molecule has 2 heterocycles. The zero-order chi connectivity index (χ0) is 13.6. The molecule has 4 nitrogen and oxygen atoms in total. The Labute approximate surface area is 117 Å². The predicted octanol–water partition coefficient (Wildman–Crippen LogP) is 1.64. The molecule has 0 aliphatic carbocycles. The zero-order valence-corrected chi connectivity index (χ0v) is 12.0.